The summed E-state index contributed by atoms with van der Waals surface area (Å²) in [4.78, 5) is 28.6. The van der Waals surface area contributed by atoms with E-state index in [4.69, 9.17) is 9.15 Å². The average Bonchev–Trinajstić information content (AvgIpc) is 3.08. The van der Waals surface area contributed by atoms with Crippen LogP contribution in [-0.4, -0.2) is 54.4 Å². The predicted molar refractivity (Wildman–Crippen MR) is 105 cm³/mol. The summed E-state index contributed by atoms with van der Waals surface area (Å²) in [5.41, 5.74) is 0.668. The van der Waals surface area contributed by atoms with Crippen molar-refractivity contribution in [2.75, 3.05) is 32.8 Å². The Morgan fingerprint density at radius 3 is 2.66 bits per heavy atom. The Bertz CT molecular complexity index is 982. The summed E-state index contributed by atoms with van der Waals surface area (Å²) in [6, 6.07) is 15.0. The molecule has 0 N–H and O–H groups in total. The summed E-state index contributed by atoms with van der Waals surface area (Å²) in [7, 11) is 0. The molecule has 0 spiro atoms. The van der Waals surface area contributed by atoms with Crippen molar-refractivity contribution in [2.45, 2.75) is 6.42 Å². The molecule has 4 rings (SSSR count). The van der Waals surface area contributed by atoms with E-state index in [1.165, 1.54) is 12.1 Å². The van der Waals surface area contributed by atoms with Crippen LogP contribution in [-0.2, 0) is 4.79 Å². The summed E-state index contributed by atoms with van der Waals surface area (Å²) in [6.07, 6.45) is 0.252. The van der Waals surface area contributed by atoms with E-state index in [1.807, 2.05) is 24.3 Å². The van der Waals surface area contributed by atoms with Crippen molar-refractivity contribution in [3.8, 4) is 5.75 Å². The molecule has 1 fully saturated rings. The van der Waals surface area contributed by atoms with E-state index in [9.17, 15) is 14.0 Å². The summed E-state index contributed by atoms with van der Waals surface area (Å²) < 4.78 is 24.2. The first-order chi connectivity index (χ1) is 14.1. The molecule has 1 aliphatic rings. The number of hydrogen-bond donors (Lipinski definition) is 0. The molecular formula is C22H21FN2O4. The van der Waals surface area contributed by atoms with Crippen LogP contribution in [0.2, 0.25) is 0 Å². The van der Waals surface area contributed by atoms with Crippen LogP contribution in [0, 0.1) is 5.82 Å². The van der Waals surface area contributed by atoms with Crippen LogP contribution in [0.3, 0.4) is 0 Å². The number of amides is 2. The Balaban J connectivity index is 1.34. The predicted octanol–water partition coefficient (Wildman–Crippen LogP) is 3.33. The average molecular weight is 396 g/mol. The monoisotopic (exact) mass is 396 g/mol. The van der Waals surface area contributed by atoms with Crippen LogP contribution in [0.15, 0.2) is 59.0 Å². The maximum Gasteiger partial charge on any atom is 0.289 e. The minimum Gasteiger partial charge on any atom is -0.492 e. The van der Waals surface area contributed by atoms with Gasteiger partial charge in [0.1, 0.15) is 23.8 Å². The number of hydrogen-bond acceptors (Lipinski definition) is 4. The first-order valence-corrected chi connectivity index (χ1v) is 9.54. The second kappa shape index (κ2) is 8.34. The Labute approximate surface area is 167 Å². The van der Waals surface area contributed by atoms with E-state index in [0.717, 1.165) is 5.39 Å². The molecule has 0 atom stereocenters. The van der Waals surface area contributed by atoms with Crippen LogP contribution < -0.4 is 4.74 Å². The van der Waals surface area contributed by atoms with Gasteiger partial charge in [0.15, 0.2) is 5.76 Å². The fourth-order valence-corrected chi connectivity index (χ4v) is 3.35. The number of rotatable bonds is 5. The fourth-order valence-electron chi connectivity index (χ4n) is 3.35. The Morgan fingerprint density at radius 2 is 1.86 bits per heavy atom. The molecule has 1 aromatic heterocycles. The highest BCUT2D eigenvalue weighted by atomic mass is 19.1. The highest BCUT2D eigenvalue weighted by Crippen LogP contribution is 2.21. The molecule has 0 unspecified atom stereocenters. The summed E-state index contributed by atoms with van der Waals surface area (Å²) >= 11 is 0. The van der Waals surface area contributed by atoms with Gasteiger partial charge >= 0.3 is 0 Å². The molecule has 0 saturated carbocycles. The standard InChI is InChI=1S/C22H21FN2O4/c23-17-5-7-18(8-6-17)28-14-13-24-11-12-25(10-9-21(24)26)22(27)20-15-16-3-1-2-4-19(16)29-20/h1-8,15H,9-14H2. The number of halogens is 1. The first-order valence-electron chi connectivity index (χ1n) is 9.54. The van der Waals surface area contributed by atoms with Crippen LogP contribution in [0.1, 0.15) is 17.0 Å². The van der Waals surface area contributed by atoms with Crippen molar-refractivity contribution in [3.63, 3.8) is 0 Å². The van der Waals surface area contributed by atoms with Gasteiger partial charge in [0.2, 0.25) is 5.91 Å². The lowest BCUT2D eigenvalue weighted by atomic mass is 10.2. The van der Waals surface area contributed by atoms with Gasteiger partial charge in [0.25, 0.3) is 5.91 Å². The van der Waals surface area contributed by atoms with Gasteiger partial charge in [-0.2, -0.15) is 0 Å². The number of para-hydroxylation sites is 1. The van der Waals surface area contributed by atoms with E-state index in [-0.39, 0.29) is 29.8 Å². The van der Waals surface area contributed by atoms with E-state index < -0.39 is 0 Å². The molecule has 2 aromatic carbocycles. The molecule has 29 heavy (non-hydrogen) atoms. The summed E-state index contributed by atoms with van der Waals surface area (Å²) in [6.45, 7) is 1.91. The van der Waals surface area contributed by atoms with Crippen LogP contribution in [0.5, 0.6) is 5.75 Å². The normalized spacial score (nSPS) is 14.9. The summed E-state index contributed by atoms with van der Waals surface area (Å²) in [5, 5.41) is 0.876. The molecule has 2 heterocycles. The van der Waals surface area contributed by atoms with Gasteiger partial charge in [-0.1, -0.05) is 18.2 Å². The lowest BCUT2D eigenvalue weighted by molar-refractivity contribution is -0.130. The van der Waals surface area contributed by atoms with Gasteiger partial charge in [-0.15, -0.1) is 0 Å². The minimum atomic E-state index is -0.325. The molecular weight excluding hydrogens is 375 g/mol. The SMILES string of the molecule is O=C1CCN(C(=O)c2cc3ccccc3o2)CCN1CCOc1ccc(F)cc1. The molecule has 6 nitrogen and oxygen atoms in total. The van der Waals surface area contributed by atoms with Gasteiger partial charge < -0.3 is 19.0 Å². The quantitative estimate of drug-likeness (QED) is 0.664. The van der Waals surface area contributed by atoms with Crippen molar-refractivity contribution < 1.29 is 23.1 Å². The van der Waals surface area contributed by atoms with Crippen LogP contribution in [0.4, 0.5) is 4.39 Å². The minimum absolute atomic E-state index is 0.0207. The van der Waals surface area contributed by atoms with Crippen molar-refractivity contribution in [3.05, 3.63) is 66.2 Å². The molecule has 7 heteroatoms. The third kappa shape index (κ3) is 4.39. The van der Waals surface area contributed by atoms with Gasteiger partial charge in [-0.25, -0.2) is 4.39 Å². The van der Waals surface area contributed by atoms with Gasteiger partial charge in [0, 0.05) is 31.4 Å². The highest BCUT2D eigenvalue weighted by Gasteiger charge is 2.26. The molecule has 2 amide bonds. The van der Waals surface area contributed by atoms with E-state index in [0.29, 0.717) is 44.1 Å². The second-order valence-electron chi connectivity index (χ2n) is 6.87. The fraction of sp³-hybridized carbons (Fsp3) is 0.273. The van der Waals surface area contributed by atoms with Gasteiger partial charge in [-0.05, 0) is 36.4 Å². The number of benzene rings is 2. The lowest BCUT2D eigenvalue weighted by Crippen LogP contribution is -2.37. The Hall–Kier alpha value is -3.35. The third-order valence-electron chi connectivity index (χ3n) is 4.96. The maximum absolute atomic E-state index is 12.9. The van der Waals surface area contributed by atoms with Crippen molar-refractivity contribution >= 4 is 22.8 Å². The van der Waals surface area contributed by atoms with Gasteiger partial charge in [-0.3, -0.25) is 9.59 Å². The topological polar surface area (TPSA) is 63.0 Å². The lowest BCUT2D eigenvalue weighted by Gasteiger charge is -2.21. The Kier molecular flexibility index (Phi) is 5.46. The zero-order chi connectivity index (χ0) is 20.2. The van der Waals surface area contributed by atoms with Crippen molar-refractivity contribution in [1.82, 2.24) is 9.80 Å². The van der Waals surface area contributed by atoms with Crippen molar-refractivity contribution in [2.24, 2.45) is 0 Å². The molecule has 0 aliphatic carbocycles. The molecule has 0 radical (unpaired) electrons. The number of carbonyl (C=O) groups excluding carboxylic acids is 2. The number of carbonyl (C=O) groups is 2. The zero-order valence-corrected chi connectivity index (χ0v) is 15.8. The van der Waals surface area contributed by atoms with Gasteiger partial charge in [0.05, 0.1) is 6.54 Å². The number of ether oxygens (including phenoxy) is 1. The van der Waals surface area contributed by atoms with Crippen LogP contribution in [0.25, 0.3) is 11.0 Å². The largest absolute Gasteiger partial charge is 0.492 e. The third-order valence-corrected chi connectivity index (χ3v) is 4.96. The van der Waals surface area contributed by atoms with Crippen LogP contribution >= 0.6 is 0 Å². The smallest absolute Gasteiger partial charge is 0.289 e. The Morgan fingerprint density at radius 1 is 1.07 bits per heavy atom. The number of furan rings is 1. The highest BCUT2D eigenvalue weighted by molar-refractivity contribution is 5.96. The van der Waals surface area contributed by atoms with E-state index in [2.05, 4.69) is 0 Å². The molecule has 0 bridgehead atoms. The molecule has 150 valence electrons. The summed E-state index contributed by atoms with van der Waals surface area (Å²) in [5.74, 6) is 0.280. The molecule has 1 aliphatic heterocycles. The second-order valence-corrected chi connectivity index (χ2v) is 6.87. The number of nitrogens with zero attached hydrogens (tertiary/aromatic N) is 2. The van der Waals surface area contributed by atoms with E-state index >= 15 is 0 Å². The molecule has 3 aromatic rings. The van der Waals surface area contributed by atoms with E-state index in [1.54, 1.807) is 28.0 Å². The number of fused-ring (bicyclic) bond motifs is 1. The molecule has 1 saturated heterocycles. The zero-order valence-electron chi connectivity index (χ0n) is 15.8. The maximum atomic E-state index is 12.9. The first kappa shape index (κ1) is 19.0. The van der Waals surface area contributed by atoms with Crippen molar-refractivity contribution in [1.29, 1.82) is 0 Å².